The Labute approximate surface area is 90.5 Å². The van der Waals surface area contributed by atoms with Gasteiger partial charge in [0.2, 0.25) is 0 Å². The van der Waals surface area contributed by atoms with Crippen molar-refractivity contribution < 1.29 is 4.79 Å². The van der Waals surface area contributed by atoms with Crippen molar-refractivity contribution in [1.29, 1.82) is 5.41 Å². The molecule has 0 spiro atoms. The molecule has 5 nitrogen and oxygen atoms in total. The van der Waals surface area contributed by atoms with E-state index >= 15 is 0 Å². The summed E-state index contributed by atoms with van der Waals surface area (Å²) in [5, 5.41) is 10.1. The van der Waals surface area contributed by atoms with Gasteiger partial charge in [0.05, 0.1) is 5.54 Å². The van der Waals surface area contributed by atoms with Crippen LogP contribution in [0.4, 0.5) is 4.79 Å². The summed E-state index contributed by atoms with van der Waals surface area (Å²) in [7, 11) is 0. The van der Waals surface area contributed by atoms with Crippen molar-refractivity contribution in [2.45, 2.75) is 38.6 Å². The maximum Gasteiger partial charge on any atom is 0.318 e. The lowest BCUT2D eigenvalue weighted by molar-refractivity contribution is 0.181. The van der Waals surface area contributed by atoms with E-state index in [0.717, 1.165) is 25.9 Å². The number of carbonyl (C=O) groups is 1. The predicted molar refractivity (Wildman–Crippen MR) is 59.9 cm³/mol. The summed E-state index contributed by atoms with van der Waals surface area (Å²) in [6.07, 6.45) is 3.32. The molecule has 0 saturated carbocycles. The van der Waals surface area contributed by atoms with Crippen LogP contribution in [0.2, 0.25) is 0 Å². The zero-order valence-electron chi connectivity index (χ0n) is 9.47. The van der Waals surface area contributed by atoms with Crippen molar-refractivity contribution in [3.63, 3.8) is 0 Å². The van der Waals surface area contributed by atoms with Gasteiger partial charge in [-0.1, -0.05) is 0 Å². The Balaban J connectivity index is 2.50. The van der Waals surface area contributed by atoms with Crippen LogP contribution in [-0.4, -0.2) is 35.4 Å². The molecule has 0 radical (unpaired) electrons. The summed E-state index contributed by atoms with van der Waals surface area (Å²) in [4.78, 5) is 13.6. The molecule has 1 aliphatic rings. The average molecular weight is 212 g/mol. The third kappa shape index (κ3) is 3.11. The number of rotatable bonds is 2. The Morgan fingerprint density at radius 2 is 1.87 bits per heavy atom. The lowest BCUT2D eigenvalue weighted by Crippen LogP contribution is -2.57. The van der Waals surface area contributed by atoms with Crippen LogP contribution in [0.3, 0.4) is 0 Å². The molecule has 0 bridgehead atoms. The summed E-state index contributed by atoms with van der Waals surface area (Å²) in [5.41, 5.74) is 4.64. The van der Waals surface area contributed by atoms with Gasteiger partial charge in [0.25, 0.3) is 0 Å². The minimum atomic E-state index is -0.755. The second-order valence-corrected chi connectivity index (χ2v) is 4.52. The van der Waals surface area contributed by atoms with Crippen LogP contribution in [0.15, 0.2) is 0 Å². The summed E-state index contributed by atoms with van der Waals surface area (Å²) in [6.45, 7) is 5.08. The van der Waals surface area contributed by atoms with E-state index in [-0.39, 0.29) is 11.9 Å². The number of hydrogen-bond acceptors (Lipinski definition) is 2. The molecule has 5 heteroatoms. The van der Waals surface area contributed by atoms with Crippen molar-refractivity contribution in [3.05, 3.63) is 0 Å². The van der Waals surface area contributed by atoms with Gasteiger partial charge in [0.15, 0.2) is 0 Å². The van der Waals surface area contributed by atoms with Gasteiger partial charge in [-0.3, -0.25) is 5.41 Å². The number of carbonyl (C=O) groups excluding carboxylic acids is 1. The summed E-state index contributed by atoms with van der Waals surface area (Å²) in [6, 6.07) is -0.116. The van der Waals surface area contributed by atoms with Crippen molar-refractivity contribution >= 4 is 11.9 Å². The van der Waals surface area contributed by atoms with E-state index in [9.17, 15) is 4.79 Å². The number of nitrogens with two attached hydrogens (primary N) is 1. The molecule has 0 aromatic heterocycles. The van der Waals surface area contributed by atoms with Crippen molar-refractivity contribution in [2.75, 3.05) is 13.1 Å². The van der Waals surface area contributed by atoms with Crippen LogP contribution in [0.25, 0.3) is 0 Å². The Hall–Kier alpha value is -1.26. The summed E-state index contributed by atoms with van der Waals surface area (Å²) < 4.78 is 0. The topological polar surface area (TPSA) is 82.2 Å². The second kappa shape index (κ2) is 4.51. The van der Waals surface area contributed by atoms with Gasteiger partial charge in [0.1, 0.15) is 5.84 Å². The Kier molecular flexibility index (Phi) is 3.55. The molecule has 0 aliphatic carbocycles. The maximum atomic E-state index is 11.8. The van der Waals surface area contributed by atoms with Gasteiger partial charge in [-0.15, -0.1) is 0 Å². The second-order valence-electron chi connectivity index (χ2n) is 4.52. The van der Waals surface area contributed by atoms with E-state index in [4.69, 9.17) is 11.1 Å². The molecule has 4 N–H and O–H groups in total. The zero-order chi connectivity index (χ0) is 11.5. The molecule has 0 unspecified atom stereocenters. The van der Waals surface area contributed by atoms with E-state index < -0.39 is 5.54 Å². The first kappa shape index (κ1) is 11.8. The zero-order valence-corrected chi connectivity index (χ0v) is 9.47. The number of nitrogens with one attached hydrogen (secondary N) is 2. The van der Waals surface area contributed by atoms with Crippen LogP contribution in [0.5, 0.6) is 0 Å². The van der Waals surface area contributed by atoms with Gasteiger partial charge in [-0.2, -0.15) is 0 Å². The van der Waals surface area contributed by atoms with Crippen LogP contribution < -0.4 is 11.1 Å². The standard InChI is InChI=1S/C10H20N4O/c1-10(2,8(11)12)13-9(15)14-6-4-3-5-7-14/h3-7H2,1-2H3,(H3,11,12)(H,13,15). The van der Waals surface area contributed by atoms with Gasteiger partial charge in [-0.05, 0) is 33.1 Å². The van der Waals surface area contributed by atoms with Crippen LogP contribution in [-0.2, 0) is 0 Å². The summed E-state index contributed by atoms with van der Waals surface area (Å²) >= 11 is 0. The molecule has 0 atom stereocenters. The predicted octanol–water partition coefficient (Wildman–Crippen LogP) is 0.896. The molecule has 2 amide bonds. The normalized spacial score (nSPS) is 17.3. The number of amides is 2. The Morgan fingerprint density at radius 1 is 1.33 bits per heavy atom. The smallest absolute Gasteiger partial charge is 0.318 e. The van der Waals surface area contributed by atoms with E-state index in [1.54, 1.807) is 18.7 Å². The first-order valence-electron chi connectivity index (χ1n) is 5.35. The highest BCUT2D eigenvalue weighted by molar-refractivity contribution is 5.90. The third-order valence-electron chi connectivity index (χ3n) is 2.74. The molecule has 1 rings (SSSR count). The SMILES string of the molecule is CC(C)(NC(=O)N1CCCCC1)C(=N)N. The van der Waals surface area contributed by atoms with Crippen molar-refractivity contribution in [1.82, 2.24) is 10.2 Å². The van der Waals surface area contributed by atoms with E-state index in [2.05, 4.69) is 5.32 Å². The fourth-order valence-corrected chi connectivity index (χ4v) is 1.51. The lowest BCUT2D eigenvalue weighted by atomic mass is 10.0. The molecule has 0 aromatic rings. The largest absolute Gasteiger partial charge is 0.386 e. The number of amidine groups is 1. The Morgan fingerprint density at radius 3 is 2.33 bits per heavy atom. The van der Waals surface area contributed by atoms with Gasteiger partial charge in [-0.25, -0.2) is 4.79 Å². The molecular formula is C10H20N4O. The highest BCUT2D eigenvalue weighted by atomic mass is 16.2. The van der Waals surface area contributed by atoms with Gasteiger partial charge in [0, 0.05) is 13.1 Å². The number of hydrogen-bond donors (Lipinski definition) is 3. The fraction of sp³-hybridized carbons (Fsp3) is 0.800. The first-order chi connectivity index (χ1) is 6.93. The molecule has 1 saturated heterocycles. The molecule has 15 heavy (non-hydrogen) atoms. The lowest BCUT2D eigenvalue weighted by Gasteiger charge is -2.32. The monoisotopic (exact) mass is 212 g/mol. The minimum Gasteiger partial charge on any atom is -0.386 e. The molecule has 1 heterocycles. The molecule has 86 valence electrons. The van der Waals surface area contributed by atoms with E-state index in [0.29, 0.717) is 0 Å². The quantitative estimate of drug-likeness (QED) is 0.469. The molecule has 1 fully saturated rings. The highest BCUT2D eigenvalue weighted by Gasteiger charge is 2.26. The number of nitrogens with zero attached hydrogens (tertiary/aromatic N) is 1. The minimum absolute atomic E-state index is 0.0205. The van der Waals surface area contributed by atoms with Gasteiger partial charge < -0.3 is 16.0 Å². The van der Waals surface area contributed by atoms with Crippen LogP contribution >= 0.6 is 0 Å². The van der Waals surface area contributed by atoms with Crippen molar-refractivity contribution in [2.24, 2.45) is 5.73 Å². The van der Waals surface area contributed by atoms with Crippen LogP contribution in [0, 0.1) is 5.41 Å². The summed E-state index contributed by atoms with van der Waals surface area (Å²) in [5.74, 6) is -0.0205. The van der Waals surface area contributed by atoms with E-state index in [1.165, 1.54) is 6.42 Å². The molecule has 1 aliphatic heterocycles. The molecule has 0 aromatic carbocycles. The average Bonchev–Trinajstić information content (AvgIpc) is 2.18. The number of piperidine rings is 1. The third-order valence-corrected chi connectivity index (χ3v) is 2.74. The maximum absolute atomic E-state index is 11.8. The molecular weight excluding hydrogens is 192 g/mol. The number of urea groups is 1. The van der Waals surface area contributed by atoms with Gasteiger partial charge >= 0.3 is 6.03 Å². The highest BCUT2D eigenvalue weighted by Crippen LogP contribution is 2.10. The van der Waals surface area contributed by atoms with Crippen molar-refractivity contribution in [3.8, 4) is 0 Å². The number of likely N-dealkylation sites (tertiary alicyclic amines) is 1. The first-order valence-corrected chi connectivity index (χ1v) is 5.35. The Bertz CT molecular complexity index is 256. The fourth-order valence-electron chi connectivity index (χ4n) is 1.51. The van der Waals surface area contributed by atoms with Crippen LogP contribution in [0.1, 0.15) is 33.1 Å². The van der Waals surface area contributed by atoms with E-state index in [1.807, 2.05) is 0 Å².